The van der Waals surface area contributed by atoms with Crippen molar-refractivity contribution in [3.63, 3.8) is 0 Å². The van der Waals surface area contributed by atoms with Crippen LogP contribution >= 0.6 is 11.3 Å². The van der Waals surface area contributed by atoms with Gasteiger partial charge in [0.25, 0.3) is 0 Å². The van der Waals surface area contributed by atoms with E-state index < -0.39 is 5.97 Å². The number of hydrogen-bond acceptors (Lipinski definition) is 3. The third-order valence-electron chi connectivity index (χ3n) is 2.16. The van der Waals surface area contributed by atoms with Crippen molar-refractivity contribution >= 4 is 17.3 Å². The molecule has 1 aromatic heterocycles. The lowest BCUT2D eigenvalue weighted by Crippen LogP contribution is -1.95. The zero-order valence-electron chi connectivity index (χ0n) is 8.59. The number of aliphatic carboxylic acids is 1. The lowest BCUT2D eigenvalue weighted by molar-refractivity contribution is -0.136. The molecule has 0 radical (unpaired) electrons. The fraction of sp³-hybridized carbons (Fsp3) is 0.167. The number of aromatic nitrogens is 1. The molecule has 0 fully saturated rings. The van der Waals surface area contributed by atoms with Crippen LogP contribution in [0.2, 0.25) is 0 Å². The number of carbonyl (C=O) groups is 1. The molecule has 4 heteroatoms. The summed E-state index contributed by atoms with van der Waals surface area (Å²) in [6, 6.07) is 9.89. The number of carboxylic acid groups (broad SMARTS) is 1. The van der Waals surface area contributed by atoms with Crippen LogP contribution in [-0.2, 0) is 11.2 Å². The lowest BCUT2D eigenvalue weighted by atomic mass is 10.2. The first-order valence-corrected chi connectivity index (χ1v) is 5.79. The molecule has 82 valence electrons. The van der Waals surface area contributed by atoms with Gasteiger partial charge in [-0.05, 0) is 6.42 Å². The fourth-order valence-electron chi connectivity index (χ4n) is 1.37. The molecule has 1 aromatic carbocycles. The van der Waals surface area contributed by atoms with Crippen molar-refractivity contribution in [1.29, 1.82) is 0 Å². The van der Waals surface area contributed by atoms with Gasteiger partial charge in [-0.1, -0.05) is 30.3 Å². The molecular weight excluding hydrogens is 222 g/mol. The van der Waals surface area contributed by atoms with E-state index in [1.54, 1.807) is 17.5 Å². The molecule has 0 aliphatic heterocycles. The predicted molar refractivity (Wildman–Crippen MR) is 63.5 cm³/mol. The van der Waals surface area contributed by atoms with E-state index in [2.05, 4.69) is 4.98 Å². The van der Waals surface area contributed by atoms with E-state index in [-0.39, 0.29) is 6.42 Å². The standard InChI is InChI=1S/C12H11NO2S/c14-11(15)7-6-10-8-13-12(16-10)9-4-2-1-3-5-9/h1-5,8H,6-7H2,(H,14,15). The van der Waals surface area contributed by atoms with Crippen molar-refractivity contribution in [3.8, 4) is 10.6 Å². The molecular formula is C12H11NO2S. The van der Waals surface area contributed by atoms with E-state index in [9.17, 15) is 4.79 Å². The van der Waals surface area contributed by atoms with E-state index in [4.69, 9.17) is 5.11 Å². The van der Waals surface area contributed by atoms with Gasteiger partial charge in [-0.2, -0.15) is 0 Å². The van der Waals surface area contributed by atoms with Gasteiger partial charge in [-0.3, -0.25) is 4.79 Å². The normalized spacial score (nSPS) is 10.2. The van der Waals surface area contributed by atoms with Crippen LogP contribution in [0.25, 0.3) is 10.6 Å². The van der Waals surface area contributed by atoms with Crippen LogP contribution in [0.4, 0.5) is 0 Å². The Balaban J connectivity index is 2.11. The highest BCUT2D eigenvalue weighted by Gasteiger charge is 2.05. The number of thiazole rings is 1. The summed E-state index contributed by atoms with van der Waals surface area (Å²) < 4.78 is 0. The molecule has 16 heavy (non-hydrogen) atoms. The zero-order valence-corrected chi connectivity index (χ0v) is 9.41. The van der Waals surface area contributed by atoms with E-state index in [1.807, 2.05) is 30.3 Å². The molecule has 0 atom stereocenters. The molecule has 3 nitrogen and oxygen atoms in total. The maximum absolute atomic E-state index is 10.4. The van der Waals surface area contributed by atoms with Crippen LogP contribution in [0.1, 0.15) is 11.3 Å². The molecule has 2 aromatic rings. The SMILES string of the molecule is O=C(O)CCc1cnc(-c2ccccc2)s1. The summed E-state index contributed by atoms with van der Waals surface area (Å²) in [6.45, 7) is 0. The second-order valence-electron chi connectivity index (χ2n) is 3.39. The summed E-state index contributed by atoms with van der Waals surface area (Å²) in [7, 11) is 0. The maximum atomic E-state index is 10.4. The molecule has 0 saturated carbocycles. The molecule has 0 saturated heterocycles. The lowest BCUT2D eigenvalue weighted by Gasteiger charge is -1.93. The highest BCUT2D eigenvalue weighted by Crippen LogP contribution is 2.25. The Hall–Kier alpha value is -1.68. The number of benzene rings is 1. The quantitative estimate of drug-likeness (QED) is 0.883. The average molecular weight is 233 g/mol. The van der Waals surface area contributed by atoms with E-state index in [1.165, 1.54) is 0 Å². The number of hydrogen-bond donors (Lipinski definition) is 1. The fourth-order valence-corrected chi connectivity index (χ4v) is 2.28. The van der Waals surface area contributed by atoms with Gasteiger partial charge in [0.15, 0.2) is 0 Å². The Morgan fingerprint density at radius 3 is 2.75 bits per heavy atom. The molecule has 0 bridgehead atoms. The first-order valence-electron chi connectivity index (χ1n) is 4.97. The van der Waals surface area contributed by atoms with Gasteiger partial charge in [0.2, 0.25) is 0 Å². The smallest absolute Gasteiger partial charge is 0.303 e. The largest absolute Gasteiger partial charge is 0.481 e. The number of rotatable bonds is 4. The van der Waals surface area contributed by atoms with Gasteiger partial charge in [-0.15, -0.1) is 11.3 Å². The zero-order chi connectivity index (χ0) is 11.4. The van der Waals surface area contributed by atoms with Crippen molar-refractivity contribution in [2.75, 3.05) is 0 Å². The Bertz CT molecular complexity index is 479. The summed E-state index contributed by atoms with van der Waals surface area (Å²) in [5.74, 6) is -0.769. The summed E-state index contributed by atoms with van der Waals surface area (Å²) in [6.07, 6.45) is 2.48. The van der Waals surface area contributed by atoms with E-state index in [0.717, 1.165) is 15.4 Å². The summed E-state index contributed by atoms with van der Waals surface area (Å²) in [5, 5.41) is 9.53. The van der Waals surface area contributed by atoms with Crippen molar-refractivity contribution in [2.24, 2.45) is 0 Å². The minimum Gasteiger partial charge on any atom is -0.481 e. The summed E-state index contributed by atoms with van der Waals surface area (Å²) in [4.78, 5) is 15.7. The van der Waals surface area contributed by atoms with Crippen molar-refractivity contribution in [2.45, 2.75) is 12.8 Å². The first kappa shape index (κ1) is 10.8. The first-order chi connectivity index (χ1) is 7.75. The topological polar surface area (TPSA) is 50.2 Å². The van der Waals surface area contributed by atoms with Crippen molar-refractivity contribution in [1.82, 2.24) is 4.98 Å². The summed E-state index contributed by atoms with van der Waals surface area (Å²) >= 11 is 1.55. The van der Waals surface area contributed by atoms with Gasteiger partial charge < -0.3 is 5.11 Å². The van der Waals surface area contributed by atoms with Crippen LogP contribution in [0.3, 0.4) is 0 Å². The van der Waals surface area contributed by atoms with E-state index >= 15 is 0 Å². The minimum absolute atomic E-state index is 0.163. The van der Waals surface area contributed by atoms with Crippen LogP contribution in [-0.4, -0.2) is 16.1 Å². The third-order valence-corrected chi connectivity index (χ3v) is 3.27. The van der Waals surface area contributed by atoms with Crippen LogP contribution in [0.5, 0.6) is 0 Å². The number of nitrogens with zero attached hydrogens (tertiary/aromatic N) is 1. The second-order valence-corrected chi connectivity index (χ2v) is 4.51. The van der Waals surface area contributed by atoms with Crippen molar-refractivity contribution < 1.29 is 9.90 Å². The van der Waals surface area contributed by atoms with Gasteiger partial charge in [0.1, 0.15) is 5.01 Å². The molecule has 0 amide bonds. The Morgan fingerprint density at radius 1 is 1.31 bits per heavy atom. The van der Waals surface area contributed by atoms with Gasteiger partial charge in [-0.25, -0.2) is 4.98 Å². The molecule has 1 N–H and O–H groups in total. The molecule has 0 aliphatic rings. The second kappa shape index (κ2) is 4.90. The Labute approximate surface area is 97.4 Å². The highest BCUT2D eigenvalue weighted by atomic mass is 32.1. The maximum Gasteiger partial charge on any atom is 0.303 e. The van der Waals surface area contributed by atoms with Gasteiger partial charge in [0, 0.05) is 16.6 Å². The number of carboxylic acids is 1. The molecule has 0 spiro atoms. The van der Waals surface area contributed by atoms with Gasteiger partial charge >= 0.3 is 5.97 Å². The Kier molecular flexibility index (Phi) is 3.31. The molecule has 0 aliphatic carbocycles. The van der Waals surface area contributed by atoms with E-state index in [0.29, 0.717) is 6.42 Å². The minimum atomic E-state index is -0.769. The number of aryl methyl sites for hydroxylation is 1. The monoisotopic (exact) mass is 233 g/mol. The highest BCUT2D eigenvalue weighted by molar-refractivity contribution is 7.15. The van der Waals surface area contributed by atoms with Crippen molar-refractivity contribution in [3.05, 3.63) is 41.4 Å². The predicted octanol–water partition coefficient (Wildman–Crippen LogP) is 2.83. The van der Waals surface area contributed by atoms with Crippen LogP contribution in [0.15, 0.2) is 36.5 Å². The molecule has 1 heterocycles. The van der Waals surface area contributed by atoms with Crippen LogP contribution in [0, 0.1) is 0 Å². The Morgan fingerprint density at radius 2 is 2.06 bits per heavy atom. The summed E-state index contributed by atoms with van der Waals surface area (Å²) in [5.41, 5.74) is 1.08. The average Bonchev–Trinajstić information content (AvgIpc) is 2.76. The van der Waals surface area contributed by atoms with Gasteiger partial charge in [0.05, 0.1) is 6.42 Å². The van der Waals surface area contributed by atoms with Crippen LogP contribution < -0.4 is 0 Å². The molecule has 2 rings (SSSR count). The third kappa shape index (κ3) is 2.67. The molecule has 0 unspecified atom stereocenters.